The molecule has 0 amide bonds. The van der Waals surface area contributed by atoms with Gasteiger partial charge in [-0.25, -0.2) is 0 Å². The van der Waals surface area contributed by atoms with Crippen molar-refractivity contribution in [2.45, 2.75) is 30.8 Å². The van der Waals surface area contributed by atoms with E-state index in [1.807, 2.05) is 23.0 Å². The predicted molar refractivity (Wildman–Crippen MR) is 98.0 cm³/mol. The lowest BCUT2D eigenvalue weighted by Gasteiger charge is -2.44. The molecule has 5 aliphatic rings. The predicted octanol–water partition coefficient (Wildman–Crippen LogP) is 4.61. The highest BCUT2D eigenvalue weighted by Gasteiger charge is 2.72. The van der Waals surface area contributed by atoms with Crippen LogP contribution in [0.5, 0.6) is 11.5 Å². The first-order chi connectivity index (χ1) is 11.8. The summed E-state index contributed by atoms with van der Waals surface area (Å²) in [6.45, 7) is 3.74. The number of benzene rings is 1. The smallest absolute Gasteiger partial charge is 0.192 e. The average molecular weight is 432 g/mol. The summed E-state index contributed by atoms with van der Waals surface area (Å²) in [5.41, 5.74) is 4.37. The van der Waals surface area contributed by atoms with Gasteiger partial charge in [0.05, 0.1) is 11.7 Å². The molecule has 24 heavy (non-hydrogen) atoms. The molecule has 1 aliphatic heterocycles. The second-order valence-corrected chi connectivity index (χ2v) is 7.95. The number of ether oxygens (including phenoxy) is 2. The van der Waals surface area contributed by atoms with Crippen LogP contribution in [0.25, 0.3) is 0 Å². The molecule has 0 N–H and O–H groups in total. The highest BCUT2D eigenvalue weighted by molar-refractivity contribution is 14.1. The zero-order chi connectivity index (χ0) is 16.1. The maximum absolute atomic E-state index is 6.55. The van der Waals surface area contributed by atoms with Crippen molar-refractivity contribution in [3.05, 3.63) is 59.6 Å². The summed E-state index contributed by atoms with van der Waals surface area (Å²) in [5.74, 6) is 4.76. The van der Waals surface area contributed by atoms with E-state index in [9.17, 15) is 0 Å². The minimum Gasteiger partial charge on any atom is -0.477 e. The van der Waals surface area contributed by atoms with Gasteiger partial charge in [0.1, 0.15) is 5.76 Å². The van der Waals surface area contributed by atoms with Gasteiger partial charge in [-0.3, -0.25) is 0 Å². The van der Waals surface area contributed by atoms with E-state index < -0.39 is 0 Å². The van der Waals surface area contributed by atoms with Crippen molar-refractivity contribution >= 4 is 23.0 Å². The number of hydrogen-bond acceptors (Lipinski definition) is 3. The second-order valence-electron chi connectivity index (χ2n) is 7.50. The fourth-order valence-corrected chi connectivity index (χ4v) is 6.85. The number of fused-ring (bicyclic) bond motifs is 1. The molecule has 2 fully saturated rings. The molecule has 4 heteroatoms. The van der Waals surface area contributed by atoms with Crippen LogP contribution in [0.2, 0.25) is 0 Å². The lowest BCUT2D eigenvalue weighted by atomic mass is 9.58. The van der Waals surface area contributed by atoms with Gasteiger partial charge in [0.25, 0.3) is 0 Å². The van der Waals surface area contributed by atoms with Crippen molar-refractivity contribution in [3.8, 4) is 11.5 Å². The Hall–Kier alpha value is -1.43. The molecular weight excluding hydrogens is 415 g/mol. The molecule has 1 aromatic carbocycles. The van der Waals surface area contributed by atoms with Gasteiger partial charge in [-0.15, -0.1) is 0 Å². The van der Waals surface area contributed by atoms with Crippen molar-refractivity contribution < 1.29 is 12.5 Å². The SMILES string of the molecule is C=COC1=CC=C2[C@@H]3CCC4C3Cc3ccc(OI)c5c3[C@@]24C1O5. The van der Waals surface area contributed by atoms with Crippen LogP contribution in [0.3, 0.4) is 0 Å². The fraction of sp³-hybridized carbons (Fsp3) is 0.400. The van der Waals surface area contributed by atoms with Crippen LogP contribution < -0.4 is 7.80 Å². The van der Waals surface area contributed by atoms with Gasteiger partial charge in [0.15, 0.2) is 40.6 Å². The lowest BCUT2D eigenvalue weighted by molar-refractivity contribution is 0.0970. The summed E-state index contributed by atoms with van der Waals surface area (Å²) < 4.78 is 17.9. The van der Waals surface area contributed by atoms with E-state index in [4.69, 9.17) is 12.5 Å². The van der Waals surface area contributed by atoms with E-state index in [2.05, 4.69) is 30.9 Å². The summed E-state index contributed by atoms with van der Waals surface area (Å²) in [6, 6.07) is 4.31. The number of rotatable bonds is 3. The lowest BCUT2D eigenvalue weighted by Crippen LogP contribution is -2.49. The molecule has 0 saturated heterocycles. The third kappa shape index (κ3) is 1.28. The highest BCUT2D eigenvalue weighted by Crippen LogP contribution is 2.74. The zero-order valence-corrected chi connectivity index (χ0v) is 15.3. The molecule has 1 aromatic rings. The molecular formula is C20H17IO3. The van der Waals surface area contributed by atoms with E-state index in [0.29, 0.717) is 11.8 Å². The third-order valence-corrected chi connectivity index (χ3v) is 7.47. The molecule has 0 aromatic heterocycles. The van der Waals surface area contributed by atoms with Crippen LogP contribution in [0.4, 0.5) is 0 Å². The van der Waals surface area contributed by atoms with Gasteiger partial charge in [-0.1, -0.05) is 24.3 Å². The van der Waals surface area contributed by atoms with Gasteiger partial charge in [-0.2, -0.15) is 0 Å². The van der Waals surface area contributed by atoms with Crippen molar-refractivity contribution in [1.82, 2.24) is 0 Å². The van der Waals surface area contributed by atoms with Crippen LogP contribution in [-0.2, 0) is 16.6 Å². The van der Waals surface area contributed by atoms with Crippen molar-refractivity contribution in [2.75, 3.05) is 0 Å². The molecule has 0 radical (unpaired) electrons. The van der Waals surface area contributed by atoms with Crippen molar-refractivity contribution in [2.24, 2.45) is 17.8 Å². The maximum Gasteiger partial charge on any atom is 0.192 e. The standard InChI is InChI=1S/C20H17IO3/c1-2-22-16-8-6-13-11-4-5-14-12(11)9-10-3-7-15(24-21)18-17(10)20(13,14)19(16)23-18/h2-3,6-8,11-12,14,19H,1,4-5,9H2/t11-,12?,14?,19?,20-/m1/s1. The van der Waals surface area contributed by atoms with Crippen LogP contribution in [0.15, 0.2) is 48.5 Å². The Bertz CT molecular complexity index is 855. The van der Waals surface area contributed by atoms with Gasteiger partial charge in [0, 0.05) is 5.56 Å². The fourth-order valence-electron chi connectivity index (χ4n) is 6.50. The Morgan fingerprint density at radius 3 is 3.04 bits per heavy atom. The van der Waals surface area contributed by atoms with Gasteiger partial charge in [-0.05, 0) is 54.7 Å². The zero-order valence-electron chi connectivity index (χ0n) is 13.1. The summed E-state index contributed by atoms with van der Waals surface area (Å²) in [7, 11) is 0. The van der Waals surface area contributed by atoms with E-state index in [1.54, 1.807) is 5.57 Å². The van der Waals surface area contributed by atoms with E-state index in [0.717, 1.165) is 23.2 Å². The first-order valence-corrected chi connectivity index (χ1v) is 9.50. The number of halogens is 1. The van der Waals surface area contributed by atoms with Crippen molar-refractivity contribution in [1.29, 1.82) is 0 Å². The minimum atomic E-state index is -0.0740. The molecule has 4 bridgehead atoms. The Labute approximate surface area is 155 Å². The second kappa shape index (κ2) is 4.40. The van der Waals surface area contributed by atoms with Gasteiger partial charge in [0.2, 0.25) is 0 Å². The average Bonchev–Trinajstić information content (AvgIpc) is 3.22. The van der Waals surface area contributed by atoms with Gasteiger partial charge < -0.3 is 12.5 Å². The third-order valence-electron chi connectivity index (χ3n) is 7.00. The van der Waals surface area contributed by atoms with Crippen LogP contribution in [0, 0.1) is 17.8 Å². The van der Waals surface area contributed by atoms with E-state index in [-0.39, 0.29) is 11.5 Å². The molecule has 122 valence electrons. The molecule has 1 heterocycles. The molecule has 3 unspecified atom stereocenters. The quantitative estimate of drug-likeness (QED) is 0.516. The summed E-state index contributed by atoms with van der Waals surface area (Å²) in [6.07, 6.45) is 9.64. The monoisotopic (exact) mass is 432 g/mol. The molecule has 3 nitrogen and oxygen atoms in total. The summed E-state index contributed by atoms with van der Waals surface area (Å²) in [5, 5.41) is 0. The number of hydrogen-bond donors (Lipinski definition) is 0. The first kappa shape index (κ1) is 13.8. The van der Waals surface area contributed by atoms with Crippen molar-refractivity contribution in [3.63, 3.8) is 0 Å². The molecule has 5 atom stereocenters. The maximum atomic E-state index is 6.55. The molecule has 6 rings (SSSR count). The first-order valence-electron chi connectivity index (χ1n) is 8.62. The Balaban J connectivity index is 1.69. The van der Waals surface area contributed by atoms with Crippen LogP contribution in [0.1, 0.15) is 24.0 Å². The van der Waals surface area contributed by atoms with Crippen LogP contribution in [-0.4, -0.2) is 6.10 Å². The summed E-state index contributed by atoms with van der Waals surface area (Å²) >= 11 is 1.95. The Morgan fingerprint density at radius 2 is 2.21 bits per heavy atom. The Morgan fingerprint density at radius 1 is 1.29 bits per heavy atom. The summed E-state index contributed by atoms with van der Waals surface area (Å²) in [4.78, 5) is 0. The minimum absolute atomic E-state index is 0.0330. The number of allylic oxidation sites excluding steroid dienone is 2. The molecule has 1 spiro atoms. The molecule has 4 aliphatic carbocycles. The topological polar surface area (TPSA) is 27.7 Å². The largest absolute Gasteiger partial charge is 0.477 e. The highest BCUT2D eigenvalue weighted by atomic mass is 127. The normalized spacial score (nSPS) is 38.9. The van der Waals surface area contributed by atoms with E-state index >= 15 is 0 Å². The Kier molecular flexibility index (Phi) is 2.53. The van der Waals surface area contributed by atoms with Gasteiger partial charge >= 0.3 is 0 Å². The van der Waals surface area contributed by atoms with Crippen LogP contribution >= 0.6 is 23.0 Å². The van der Waals surface area contributed by atoms with E-state index in [1.165, 1.54) is 36.7 Å². The molecule has 2 saturated carbocycles.